The second kappa shape index (κ2) is 4.58. The van der Waals surface area contributed by atoms with E-state index in [9.17, 15) is 4.79 Å². The summed E-state index contributed by atoms with van der Waals surface area (Å²) in [5, 5.41) is 4.52. The lowest BCUT2D eigenvalue weighted by Crippen LogP contribution is -2.22. The number of nitrogens with one attached hydrogen (secondary N) is 2. The van der Waals surface area contributed by atoms with E-state index in [1.807, 2.05) is 0 Å². The maximum Gasteiger partial charge on any atom is 0.253 e. The van der Waals surface area contributed by atoms with Crippen LogP contribution in [0.15, 0.2) is 29.1 Å². The van der Waals surface area contributed by atoms with Crippen LogP contribution in [0.2, 0.25) is 0 Å². The zero-order chi connectivity index (χ0) is 12.5. The highest BCUT2D eigenvalue weighted by molar-refractivity contribution is 5.82. The average molecular weight is 242 g/mol. The first-order chi connectivity index (χ1) is 8.79. The second-order valence-corrected chi connectivity index (χ2v) is 4.94. The van der Waals surface area contributed by atoms with Gasteiger partial charge in [0.2, 0.25) is 0 Å². The van der Waals surface area contributed by atoms with Gasteiger partial charge in [-0.05, 0) is 42.8 Å². The molecule has 0 spiro atoms. The number of pyridine rings is 1. The number of para-hydroxylation sites is 1. The molecular formula is C15H18N2O. The third-order valence-electron chi connectivity index (χ3n) is 3.81. The van der Waals surface area contributed by atoms with E-state index in [-0.39, 0.29) is 11.6 Å². The molecule has 0 bridgehead atoms. The summed E-state index contributed by atoms with van der Waals surface area (Å²) in [4.78, 5) is 15.3. The summed E-state index contributed by atoms with van der Waals surface area (Å²) in [6.45, 7) is 3.12. The molecule has 0 radical (unpaired) electrons. The van der Waals surface area contributed by atoms with Crippen LogP contribution in [0, 0.1) is 0 Å². The van der Waals surface area contributed by atoms with Gasteiger partial charge in [-0.2, -0.15) is 0 Å². The minimum Gasteiger partial charge on any atom is -0.321 e. The molecule has 1 aromatic heterocycles. The van der Waals surface area contributed by atoms with Gasteiger partial charge in [-0.3, -0.25) is 4.79 Å². The van der Waals surface area contributed by atoms with E-state index < -0.39 is 0 Å². The largest absolute Gasteiger partial charge is 0.321 e. The number of aromatic amines is 1. The molecule has 1 saturated heterocycles. The smallest absolute Gasteiger partial charge is 0.253 e. The summed E-state index contributed by atoms with van der Waals surface area (Å²) in [5.74, 6) is 0. The summed E-state index contributed by atoms with van der Waals surface area (Å²) in [6, 6.07) is 8.49. The van der Waals surface area contributed by atoms with Crippen molar-refractivity contribution in [2.75, 3.05) is 6.54 Å². The van der Waals surface area contributed by atoms with Crippen LogP contribution in [0.1, 0.15) is 36.9 Å². The van der Waals surface area contributed by atoms with Crippen LogP contribution in [0.4, 0.5) is 0 Å². The lowest BCUT2D eigenvalue weighted by molar-refractivity contribution is 0.641. The van der Waals surface area contributed by atoms with Gasteiger partial charge in [-0.1, -0.05) is 25.1 Å². The van der Waals surface area contributed by atoms with Crippen LogP contribution in [0.3, 0.4) is 0 Å². The predicted octanol–water partition coefficient (Wildman–Crippen LogP) is 2.51. The second-order valence-electron chi connectivity index (χ2n) is 4.94. The summed E-state index contributed by atoms with van der Waals surface area (Å²) >= 11 is 0. The zero-order valence-corrected chi connectivity index (χ0v) is 10.6. The van der Waals surface area contributed by atoms with E-state index in [1.165, 1.54) is 5.56 Å². The minimum atomic E-state index is 0.0581. The Morgan fingerprint density at radius 3 is 3.00 bits per heavy atom. The van der Waals surface area contributed by atoms with E-state index in [1.54, 1.807) is 0 Å². The lowest BCUT2D eigenvalue weighted by Gasteiger charge is -2.11. The molecule has 3 heteroatoms. The molecule has 0 aliphatic carbocycles. The number of benzene rings is 1. The van der Waals surface area contributed by atoms with Gasteiger partial charge in [0, 0.05) is 11.6 Å². The molecule has 0 saturated carbocycles. The van der Waals surface area contributed by atoms with E-state index in [4.69, 9.17) is 0 Å². The fourth-order valence-electron chi connectivity index (χ4n) is 2.81. The van der Waals surface area contributed by atoms with Crippen molar-refractivity contribution < 1.29 is 0 Å². The molecule has 18 heavy (non-hydrogen) atoms. The summed E-state index contributed by atoms with van der Waals surface area (Å²) in [5.41, 5.74) is 3.14. The molecular weight excluding hydrogens is 224 g/mol. The van der Waals surface area contributed by atoms with Gasteiger partial charge in [-0.15, -0.1) is 0 Å². The van der Waals surface area contributed by atoms with Crippen molar-refractivity contribution in [2.45, 2.75) is 32.2 Å². The fraction of sp³-hybridized carbons (Fsp3) is 0.400. The van der Waals surface area contributed by atoms with Gasteiger partial charge >= 0.3 is 0 Å². The SMILES string of the molecule is CCc1cccc2cc(C3CCCN3)c(=O)[nH]c12. The van der Waals surface area contributed by atoms with Crippen molar-refractivity contribution >= 4 is 10.9 Å². The molecule has 3 rings (SSSR count). The monoisotopic (exact) mass is 242 g/mol. The first-order valence-electron chi connectivity index (χ1n) is 6.68. The predicted molar refractivity (Wildman–Crippen MR) is 73.9 cm³/mol. The van der Waals surface area contributed by atoms with Crippen molar-refractivity contribution in [2.24, 2.45) is 0 Å². The Balaban J connectivity index is 2.18. The average Bonchev–Trinajstić information content (AvgIpc) is 2.91. The standard InChI is InChI=1S/C15H18N2O/c1-2-10-5-3-6-11-9-12(13-7-4-8-16-13)15(18)17-14(10)11/h3,5-6,9,13,16H,2,4,7-8H2,1H3,(H,17,18). The normalized spacial score (nSPS) is 19.5. The number of H-pyrrole nitrogens is 1. The number of aromatic nitrogens is 1. The van der Waals surface area contributed by atoms with Crippen molar-refractivity contribution in [3.8, 4) is 0 Å². The Bertz CT molecular complexity index is 624. The van der Waals surface area contributed by atoms with Gasteiger partial charge in [0.25, 0.3) is 5.56 Å². The highest BCUT2D eigenvalue weighted by Gasteiger charge is 2.19. The van der Waals surface area contributed by atoms with Crippen LogP contribution in [-0.4, -0.2) is 11.5 Å². The van der Waals surface area contributed by atoms with Crippen molar-refractivity contribution in [3.63, 3.8) is 0 Å². The number of aryl methyl sites for hydroxylation is 1. The maximum atomic E-state index is 12.2. The Morgan fingerprint density at radius 1 is 1.39 bits per heavy atom. The maximum absolute atomic E-state index is 12.2. The number of hydrogen-bond acceptors (Lipinski definition) is 2. The first-order valence-corrected chi connectivity index (χ1v) is 6.68. The Kier molecular flexibility index (Phi) is 2.92. The highest BCUT2D eigenvalue weighted by Crippen LogP contribution is 2.23. The summed E-state index contributed by atoms with van der Waals surface area (Å²) in [6.07, 6.45) is 3.15. The molecule has 1 aromatic carbocycles. The lowest BCUT2D eigenvalue weighted by atomic mass is 10.0. The molecule has 2 heterocycles. The van der Waals surface area contributed by atoms with E-state index in [0.717, 1.165) is 42.3 Å². The van der Waals surface area contributed by atoms with E-state index >= 15 is 0 Å². The van der Waals surface area contributed by atoms with Gasteiger partial charge in [0.1, 0.15) is 0 Å². The van der Waals surface area contributed by atoms with Gasteiger partial charge in [0.15, 0.2) is 0 Å². The number of fused-ring (bicyclic) bond motifs is 1. The van der Waals surface area contributed by atoms with E-state index in [0.29, 0.717) is 0 Å². The molecule has 1 aliphatic rings. The van der Waals surface area contributed by atoms with Crippen LogP contribution in [0.25, 0.3) is 10.9 Å². The van der Waals surface area contributed by atoms with Crippen molar-refractivity contribution in [1.29, 1.82) is 0 Å². The number of hydrogen-bond donors (Lipinski definition) is 2. The summed E-state index contributed by atoms with van der Waals surface area (Å²) in [7, 11) is 0. The Morgan fingerprint density at radius 2 is 2.28 bits per heavy atom. The molecule has 1 aliphatic heterocycles. The molecule has 3 nitrogen and oxygen atoms in total. The molecule has 94 valence electrons. The Hall–Kier alpha value is -1.61. The highest BCUT2D eigenvalue weighted by atomic mass is 16.1. The van der Waals surface area contributed by atoms with Gasteiger partial charge in [-0.25, -0.2) is 0 Å². The minimum absolute atomic E-state index is 0.0581. The van der Waals surface area contributed by atoms with Crippen molar-refractivity contribution in [1.82, 2.24) is 10.3 Å². The third kappa shape index (κ3) is 1.85. The quantitative estimate of drug-likeness (QED) is 0.850. The number of rotatable bonds is 2. The van der Waals surface area contributed by atoms with Crippen LogP contribution < -0.4 is 10.9 Å². The molecule has 1 atom stereocenters. The molecule has 2 N–H and O–H groups in total. The summed E-state index contributed by atoms with van der Waals surface area (Å²) < 4.78 is 0. The molecule has 1 fully saturated rings. The zero-order valence-electron chi connectivity index (χ0n) is 10.6. The van der Waals surface area contributed by atoms with E-state index in [2.05, 4.69) is 41.5 Å². The fourth-order valence-corrected chi connectivity index (χ4v) is 2.81. The van der Waals surface area contributed by atoms with Crippen LogP contribution in [0.5, 0.6) is 0 Å². The van der Waals surface area contributed by atoms with Crippen LogP contribution in [-0.2, 0) is 6.42 Å². The third-order valence-corrected chi connectivity index (χ3v) is 3.81. The van der Waals surface area contributed by atoms with Gasteiger partial charge in [0.05, 0.1) is 5.52 Å². The van der Waals surface area contributed by atoms with Crippen LogP contribution >= 0.6 is 0 Å². The molecule has 2 aromatic rings. The Labute approximate surface area is 106 Å². The topological polar surface area (TPSA) is 44.9 Å². The van der Waals surface area contributed by atoms with Gasteiger partial charge < -0.3 is 10.3 Å². The first kappa shape index (κ1) is 11.5. The van der Waals surface area contributed by atoms with Crippen molar-refractivity contribution in [3.05, 3.63) is 45.7 Å². The molecule has 0 amide bonds. The molecule has 1 unspecified atom stereocenters.